The molecule has 0 spiro atoms. The molecule has 0 aliphatic heterocycles. The molecule has 1 unspecified atom stereocenters. The van der Waals surface area contributed by atoms with E-state index in [0.29, 0.717) is 19.4 Å². The Kier molecular flexibility index (Phi) is 7.54. The van der Waals surface area contributed by atoms with Gasteiger partial charge in [0, 0.05) is 20.1 Å². The van der Waals surface area contributed by atoms with E-state index in [-0.39, 0.29) is 11.8 Å². The molecule has 0 aliphatic rings. The highest BCUT2D eigenvalue weighted by atomic mass is 16.5. The number of aliphatic carboxylic acids is 1. The van der Waals surface area contributed by atoms with E-state index in [0.717, 1.165) is 6.42 Å². The summed E-state index contributed by atoms with van der Waals surface area (Å²) in [5, 5.41) is 11.4. The summed E-state index contributed by atoms with van der Waals surface area (Å²) in [4.78, 5) is 22.3. The minimum absolute atomic E-state index is 0.0982. The number of amides is 1. The van der Waals surface area contributed by atoms with Crippen molar-refractivity contribution in [2.24, 2.45) is 5.92 Å². The molecule has 0 aromatic heterocycles. The van der Waals surface area contributed by atoms with Crippen LogP contribution in [0.2, 0.25) is 0 Å². The summed E-state index contributed by atoms with van der Waals surface area (Å²) in [7, 11) is 1.57. The van der Waals surface area contributed by atoms with Crippen molar-refractivity contribution in [2.75, 3.05) is 13.7 Å². The number of nitrogens with one attached hydrogen (secondary N) is 1. The van der Waals surface area contributed by atoms with Crippen LogP contribution in [0.1, 0.15) is 33.1 Å². The van der Waals surface area contributed by atoms with Crippen molar-refractivity contribution in [3.8, 4) is 0 Å². The molecule has 0 heterocycles. The van der Waals surface area contributed by atoms with E-state index in [9.17, 15) is 9.59 Å². The summed E-state index contributed by atoms with van der Waals surface area (Å²) in [6.45, 7) is 4.27. The SMILES string of the molecule is CCC[C@H](NC(=O)CC(C)COC)C(=O)O. The molecule has 5 nitrogen and oxygen atoms in total. The number of rotatable bonds is 8. The van der Waals surface area contributed by atoms with E-state index in [1.165, 1.54) is 0 Å². The monoisotopic (exact) mass is 231 g/mol. The first-order chi connectivity index (χ1) is 7.51. The maximum Gasteiger partial charge on any atom is 0.326 e. The molecule has 94 valence electrons. The van der Waals surface area contributed by atoms with E-state index < -0.39 is 12.0 Å². The third-order valence-electron chi connectivity index (χ3n) is 2.20. The molecule has 0 saturated carbocycles. The van der Waals surface area contributed by atoms with Crippen molar-refractivity contribution in [1.82, 2.24) is 5.32 Å². The Morgan fingerprint density at radius 3 is 2.50 bits per heavy atom. The number of carbonyl (C=O) groups is 2. The standard InChI is InChI=1S/C11H21NO4/c1-4-5-9(11(14)15)12-10(13)6-8(2)7-16-3/h8-9H,4-7H2,1-3H3,(H,12,13)(H,14,15)/t8?,9-/m0/s1. The Bertz CT molecular complexity index is 230. The summed E-state index contributed by atoms with van der Waals surface area (Å²) in [6.07, 6.45) is 1.48. The average Bonchev–Trinajstić information content (AvgIpc) is 2.16. The van der Waals surface area contributed by atoms with Crippen LogP contribution in [-0.2, 0) is 14.3 Å². The van der Waals surface area contributed by atoms with Gasteiger partial charge < -0.3 is 15.2 Å². The van der Waals surface area contributed by atoms with Crippen LogP contribution in [0, 0.1) is 5.92 Å². The number of ether oxygens (including phenoxy) is 1. The number of methoxy groups -OCH3 is 1. The van der Waals surface area contributed by atoms with Crippen LogP contribution < -0.4 is 5.32 Å². The van der Waals surface area contributed by atoms with Crippen molar-refractivity contribution >= 4 is 11.9 Å². The Balaban J connectivity index is 4.04. The highest BCUT2D eigenvalue weighted by Gasteiger charge is 2.19. The van der Waals surface area contributed by atoms with Crippen LogP contribution in [0.15, 0.2) is 0 Å². The number of carboxylic acids is 1. The average molecular weight is 231 g/mol. The van der Waals surface area contributed by atoms with Gasteiger partial charge in [-0.2, -0.15) is 0 Å². The second-order valence-corrected chi connectivity index (χ2v) is 4.01. The topological polar surface area (TPSA) is 75.6 Å². The molecule has 0 rings (SSSR count). The molecule has 0 bridgehead atoms. The first-order valence-corrected chi connectivity index (χ1v) is 5.52. The Morgan fingerprint density at radius 2 is 2.06 bits per heavy atom. The van der Waals surface area contributed by atoms with Crippen LogP contribution in [0.4, 0.5) is 0 Å². The zero-order chi connectivity index (χ0) is 12.6. The maximum absolute atomic E-state index is 11.5. The number of hydrogen-bond acceptors (Lipinski definition) is 3. The predicted octanol–water partition coefficient (Wildman–Crippen LogP) is 1.03. The maximum atomic E-state index is 11.5. The van der Waals surface area contributed by atoms with Gasteiger partial charge in [0.25, 0.3) is 0 Å². The van der Waals surface area contributed by atoms with Crippen molar-refractivity contribution in [2.45, 2.75) is 39.2 Å². The Labute approximate surface area is 96.2 Å². The highest BCUT2D eigenvalue weighted by molar-refractivity contribution is 5.83. The van der Waals surface area contributed by atoms with Crippen LogP contribution >= 0.6 is 0 Å². The lowest BCUT2D eigenvalue weighted by Gasteiger charge is -2.15. The molecular weight excluding hydrogens is 210 g/mol. The van der Waals surface area contributed by atoms with E-state index in [4.69, 9.17) is 9.84 Å². The fourth-order valence-corrected chi connectivity index (χ4v) is 1.46. The summed E-state index contributed by atoms with van der Waals surface area (Å²) in [5.41, 5.74) is 0. The smallest absolute Gasteiger partial charge is 0.326 e. The lowest BCUT2D eigenvalue weighted by atomic mass is 10.1. The first-order valence-electron chi connectivity index (χ1n) is 5.52. The second kappa shape index (κ2) is 8.10. The largest absolute Gasteiger partial charge is 0.480 e. The van der Waals surface area contributed by atoms with Crippen molar-refractivity contribution < 1.29 is 19.4 Å². The van der Waals surface area contributed by atoms with Gasteiger partial charge in [-0.25, -0.2) is 4.79 Å². The third-order valence-corrected chi connectivity index (χ3v) is 2.20. The summed E-state index contributed by atoms with van der Waals surface area (Å²) < 4.78 is 4.91. The van der Waals surface area contributed by atoms with Gasteiger partial charge in [0.1, 0.15) is 6.04 Å². The zero-order valence-electron chi connectivity index (χ0n) is 10.2. The number of hydrogen-bond donors (Lipinski definition) is 2. The molecule has 0 aromatic carbocycles. The molecule has 5 heteroatoms. The summed E-state index contributed by atoms with van der Waals surface area (Å²) >= 11 is 0. The molecule has 0 aliphatic carbocycles. The third kappa shape index (κ3) is 6.40. The van der Waals surface area contributed by atoms with Gasteiger partial charge >= 0.3 is 5.97 Å². The van der Waals surface area contributed by atoms with Crippen molar-refractivity contribution in [3.05, 3.63) is 0 Å². The lowest BCUT2D eigenvalue weighted by molar-refractivity contribution is -0.142. The first kappa shape index (κ1) is 14.9. The Morgan fingerprint density at radius 1 is 1.44 bits per heavy atom. The molecule has 0 saturated heterocycles. The van der Waals surface area contributed by atoms with Crippen LogP contribution in [0.25, 0.3) is 0 Å². The van der Waals surface area contributed by atoms with E-state index >= 15 is 0 Å². The normalized spacial score (nSPS) is 14.2. The van der Waals surface area contributed by atoms with Gasteiger partial charge in [0.2, 0.25) is 5.91 Å². The molecular formula is C11H21NO4. The van der Waals surface area contributed by atoms with Crippen LogP contribution in [0.5, 0.6) is 0 Å². The molecule has 16 heavy (non-hydrogen) atoms. The van der Waals surface area contributed by atoms with Crippen LogP contribution in [-0.4, -0.2) is 36.7 Å². The van der Waals surface area contributed by atoms with Gasteiger partial charge in [0.05, 0.1) is 0 Å². The van der Waals surface area contributed by atoms with Crippen molar-refractivity contribution in [1.29, 1.82) is 0 Å². The van der Waals surface area contributed by atoms with Gasteiger partial charge in [-0.15, -0.1) is 0 Å². The van der Waals surface area contributed by atoms with Gasteiger partial charge in [-0.3, -0.25) is 4.79 Å². The van der Waals surface area contributed by atoms with Gasteiger partial charge in [0.15, 0.2) is 0 Å². The van der Waals surface area contributed by atoms with Gasteiger partial charge in [-0.05, 0) is 12.3 Å². The minimum Gasteiger partial charge on any atom is -0.480 e. The molecule has 2 N–H and O–H groups in total. The fraction of sp³-hybridized carbons (Fsp3) is 0.818. The van der Waals surface area contributed by atoms with E-state index in [1.807, 2.05) is 13.8 Å². The van der Waals surface area contributed by atoms with Crippen LogP contribution in [0.3, 0.4) is 0 Å². The second-order valence-electron chi connectivity index (χ2n) is 4.01. The summed E-state index contributed by atoms with van der Waals surface area (Å²) in [6, 6.07) is -0.771. The number of carbonyl (C=O) groups excluding carboxylic acids is 1. The van der Waals surface area contributed by atoms with Crippen molar-refractivity contribution in [3.63, 3.8) is 0 Å². The van der Waals surface area contributed by atoms with E-state index in [1.54, 1.807) is 7.11 Å². The molecule has 0 aromatic rings. The zero-order valence-corrected chi connectivity index (χ0v) is 10.2. The number of carboxylic acid groups (broad SMARTS) is 1. The fourth-order valence-electron chi connectivity index (χ4n) is 1.46. The molecule has 1 amide bonds. The van der Waals surface area contributed by atoms with Gasteiger partial charge in [-0.1, -0.05) is 20.3 Å². The quantitative estimate of drug-likeness (QED) is 0.654. The lowest BCUT2D eigenvalue weighted by Crippen LogP contribution is -2.41. The predicted molar refractivity (Wildman–Crippen MR) is 60.1 cm³/mol. The Hall–Kier alpha value is -1.10. The molecule has 2 atom stereocenters. The summed E-state index contributed by atoms with van der Waals surface area (Å²) in [5.74, 6) is -1.11. The molecule has 0 fully saturated rings. The molecule has 0 radical (unpaired) electrons. The minimum atomic E-state index is -0.977. The highest BCUT2D eigenvalue weighted by Crippen LogP contribution is 2.03. The van der Waals surface area contributed by atoms with E-state index in [2.05, 4.69) is 5.32 Å².